The minimum absolute atomic E-state index is 0.0572. The second-order valence-electron chi connectivity index (χ2n) is 5.12. The average molecular weight is 345 g/mol. The van der Waals surface area contributed by atoms with E-state index in [1.165, 1.54) is 12.4 Å². The van der Waals surface area contributed by atoms with Crippen LogP contribution in [0.15, 0.2) is 30.6 Å². The van der Waals surface area contributed by atoms with Crippen LogP contribution in [0.4, 0.5) is 13.2 Å². The van der Waals surface area contributed by atoms with Gasteiger partial charge in [0, 0.05) is 17.9 Å². The second-order valence-corrected chi connectivity index (χ2v) is 5.55. The quantitative estimate of drug-likeness (QED) is 0.803. The molecule has 3 rings (SSSR count). The summed E-state index contributed by atoms with van der Waals surface area (Å²) in [5.74, 6) is 0.549. The third-order valence-corrected chi connectivity index (χ3v) is 3.64. The summed E-state index contributed by atoms with van der Waals surface area (Å²) in [6, 6.07) is 5.14. The largest absolute Gasteiger partial charge is 0.493 e. The molecule has 122 valence electrons. The summed E-state index contributed by atoms with van der Waals surface area (Å²) >= 11 is 5.71. The van der Waals surface area contributed by atoms with Crippen LogP contribution >= 0.6 is 11.6 Å². The molecule has 0 amide bonds. The number of halogens is 4. The van der Waals surface area contributed by atoms with Crippen molar-refractivity contribution in [2.24, 2.45) is 0 Å². The van der Waals surface area contributed by atoms with Crippen LogP contribution in [0.1, 0.15) is 24.3 Å². The molecule has 1 atom stereocenters. The fraction of sp³-hybridized carbons (Fsp3) is 0.333. The van der Waals surface area contributed by atoms with Gasteiger partial charge in [-0.15, -0.1) is 0 Å². The minimum atomic E-state index is -4.20. The maximum Gasteiger partial charge on any atom is 0.389 e. The van der Waals surface area contributed by atoms with Crippen LogP contribution in [-0.4, -0.2) is 22.8 Å². The zero-order valence-corrected chi connectivity index (χ0v) is 12.6. The predicted octanol–water partition coefficient (Wildman–Crippen LogP) is 4.74. The number of ether oxygens (including phenoxy) is 2. The Bertz CT molecular complexity index is 692. The van der Waals surface area contributed by atoms with E-state index in [0.29, 0.717) is 22.1 Å². The van der Waals surface area contributed by atoms with Crippen molar-refractivity contribution in [2.45, 2.75) is 24.9 Å². The van der Waals surface area contributed by atoms with Gasteiger partial charge in [0.1, 0.15) is 11.5 Å². The standard InChI is InChI=1S/C15H12ClF3N2O2/c16-10-6-20-14(21-7-10)23-12-3-1-2-11-13(12)9(8-22-11)4-5-15(17,18)19/h1-3,6-7,9H,4-5,8H2. The van der Waals surface area contributed by atoms with Crippen molar-refractivity contribution in [3.8, 4) is 17.5 Å². The Morgan fingerprint density at radius 3 is 2.70 bits per heavy atom. The predicted molar refractivity (Wildman–Crippen MR) is 77.1 cm³/mol. The molecule has 2 heterocycles. The number of benzene rings is 1. The van der Waals surface area contributed by atoms with Crippen molar-refractivity contribution in [1.82, 2.24) is 9.97 Å². The van der Waals surface area contributed by atoms with Gasteiger partial charge in [0.2, 0.25) is 0 Å². The summed E-state index contributed by atoms with van der Waals surface area (Å²) in [6.07, 6.45) is -2.36. The molecule has 0 N–H and O–H groups in total. The van der Waals surface area contributed by atoms with E-state index in [2.05, 4.69) is 9.97 Å². The van der Waals surface area contributed by atoms with Crippen molar-refractivity contribution in [3.63, 3.8) is 0 Å². The van der Waals surface area contributed by atoms with Gasteiger partial charge in [-0.3, -0.25) is 0 Å². The van der Waals surface area contributed by atoms with Gasteiger partial charge < -0.3 is 9.47 Å². The number of fused-ring (bicyclic) bond motifs is 1. The highest BCUT2D eigenvalue weighted by atomic mass is 35.5. The van der Waals surface area contributed by atoms with Crippen LogP contribution in [-0.2, 0) is 0 Å². The van der Waals surface area contributed by atoms with Crippen molar-refractivity contribution >= 4 is 11.6 Å². The maximum atomic E-state index is 12.5. The van der Waals surface area contributed by atoms with Gasteiger partial charge in [0.15, 0.2) is 0 Å². The van der Waals surface area contributed by atoms with Crippen molar-refractivity contribution in [3.05, 3.63) is 41.2 Å². The minimum Gasteiger partial charge on any atom is -0.493 e. The summed E-state index contributed by atoms with van der Waals surface area (Å²) in [7, 11) is 0. The summed E-state index contributed by atoms with van der Waals surface area (Å²) < 4.78 is 48.5. The summed E-state index contributed by atoms with van der Waals surface area (Å²) in [6.45, 7) is 0.202. The molecule has 1 aromatic heterocycles. The van der Waals surface area contributed by atoms with E-state index in [4.69, 9.17) is 21.1 Å². The third kappa shape index (κ3) is 3.85. The smallest absolute Gasteiger partial charge is 0.389 e. The van der Waals surface area contributed by atoms with E-state index in [0.717, 1.165) is 0 Å². The number of aromatic nitrogens is 2. The van der Waals surface area contributed by atoms with Crippen LogP contribution in [0, 0.1) is 0 Å². The Morgan fingerprint density at radius 1 is 1.26 bits per heavy atom. The molecule has 1 aliphatic heterocycles. The second kappa shape index (κ2) is 6.23. The Balaban J connectivity index is 1.82. The summed E-state index contributed by atoms with van der Waals surface area (Å²) in [4.78, 5) is 7.85. The van der Waals surface area contributed by atoms with E-state index in [1.54, 1.807) is 18.2 Å². The highest BCUT2D eigenvalue weighted by Gasteiger charge is 2.34. The van der Waals surface area contributed by atoms with Gasteiger partial charge in [0.25, 0.3) is 0 Å². The molecule has 1 aliphatic rings. The molecule has 4 nitrogen and oxygen atoms in total. The van der Waals surface area contributed by atoms with Gasteiger partial charge in [-0.1, -0.05) is 17.7 Å². The lowest BCUT2D eigenvalue weighted by Gasteiger charge is -2.14. The zero-order valence-electron chi connectivity index (χ0n) is 11.8. The molecular weight excluding hydrogens is 333 g/mol. The van der Waals surface area contributed by atoms with Gasteiger partial charge >= 0.3 is 12.2 Å². The van der Waals surface area contributed by atoms with E-state index < -0.39 is 12.6 Å². The van der Waals surface area contributed by atoms with Crippen LogP contribution < -0.4 is 9.47 Å². The van der Waals surface area contributed by atoms with Crippen LogP contribution in [0.5, 0.6) is 17.5 Å². The average Bonchev–Trinajstić information content (AvgIpc) is 2.91. The topological polar surface area (TPSA) is 44.2 Å². The lowest BCUT2D eigenvalue weighted by Crippen LogP contribution is -2.11. The molecule has 0 spiro atoms. The molecule has 0 bridgehead atoms. The highest BCUT2D eigenvalue weighted by Crippen LogP contribution is 2.44. The fourth-order valence-electron chi connectivity index (χ4n) is 2.43. The summed E-state index contributed by atoms with van der Waals surface area (Å²) in [5, 5.41) is 0.363. The number of hydrogen-bond acceptors (Lipinski definition) is 4. The first-order valence-electron chi connectivity index (χ1n) is 6.90. The van der Waals surface area contributed by atoms with Crippen molar-refractivity contribution < 1.29 is 22.6 Å². The normalized spacial score (nSPS) is 16.8. The molecule has 1 unspecified atom stereocenters. The third-order valence-electron chi connectivity index (χ3n) is 3.45. The molecule has 1 aromatic carbocycles. The van der Waals surface area contributed by atoms with Crippen molar-refractivity contribution in [1.29, 1.82) is 0 Å². The van der Waals surface area contributed by atoms with Gasteiger partial charge in [-0.05, 0) is 18.6 Å². The number of nitrogens with zero attached hydrogens (tertiary/aromatic N) is 2. The highest BCUT2D eigenvalue weighted by molar-refractivity contribution is 6.30. The first-order chi connectivity index (χ1) is 10.9. The van der Waals surface area contributed by atoms with E-state index in [-0.39, 0.29) is 25.0 Å². The zero-order chi connectivity index (χ0) is 16.4. The SMILES string of the molecule is FC(F)(F)CCC1COc2cccc(Oc3ncc(Cl)cn3)c21. The van der Waals surface area contributed by atoms with Crippen LogP contribution in [0.3, 0.4) is 0 Å². The van der Waals surface area contributed by atoms with E-state index >= 15 is 0 Å². The first-order valence-corrected chi connectivity index (χ1v) is 7.28. The Kier molecular flexibility index (Phi) is 4.30. The number of hydrogen-bond donors (Lipinski definition) is 0. The maximum absolute atomic E-state index is 12.5. The number of alkyl halides is 3. The Hall–Kier alpha value is -2.02. The molecular formula is C15H12ClF3N2O2. The Labute approximate surface area is 135 Å². The fourth-order valence-corrected chi connectivity index (χ4v) is 2.53. The van der Waals surface area contributed by atoms with Crippen LogP contribution in [0.2, 0.25) is 5.02 Å². The Morgan fingerprint density at radius 2 is 2.00 bits per heavy atom. The van der Waals surface area contributed by atoms with Gasteiger partial charge in [-0.25, -0.2) is 9.97 Å². The molecule has 0 fully saturated rings. The van der Waals surface area contributed by atoms with Crippen LogP contribution in [0.25, 0.3) is 0 Å². The molecule has 0 saturated carbocycles. The lowest BCUT2D eigenvalue weighted by molar-refractivity contribution is -0.136. The first kappa shape index (κ1) is 15.9. The van der Waals surface area contributed by atoms with Crippen molar-refractivity contribution in [2.75, 3.05) is 6.61 Å². The number of rotatable bonds is 4. The van der Waals surface area contributed by atoms with E-state index in [9.17, 15) is 13.2 Å². The monoisotopic (exact) mass is 344 g/mol. The molecule has 23 heavy (non-hydrogen) atoms. The van der Waals surface area contributed by atoms with Gasteiger partial charge in [0.05, 0.1) is 24.0 Å². The van der Waals surface area contributed by atoms with Gasteiger partial charge in [-0.2, -0.15) is 13.2 Å². The molecule has 8 heteroatoms. The summed E-state index contributed by atoms with van der Waals surface area (Å²) in [5.41, 5.74) is 0.621. The molecule has 0 saturated heterocycles. The molecule has 0 aliphatic carbocycles. The lowest BCUT2D eigenvalue weighted by atomic mass is 9.95. The molecule has 2 aromatic rings. The molecule has 0 radical (unpaired) electrons. The van der Waals surface area contributed by atoms with E-state index in [1.807, 2.05) is 0 Å².